The maximum Gasteiger partial charge on any atom is 0.268 e. The summed E-state index contributed by atoms with van der Waals surface area (Å²) >= 11 is 0. The van der Waals surface area contributed by atoms with E-state index in [1.807, 2.05) is 50.2 Å². The van der Waals surface area contributed by atoms with Crippen LogP contribution < -0.4 is 19.1 Å². The lowest BCUT2D eigenvalue weighted by atomic mass is 10.1. The zero-order valence-corrected chi connectivity index (χ0v) is 21.0. The molecule has 1 heterocycles. The van der Waals surface area contributed by atoms with E-state index < -0.39 is 10.0 Å². The minimum atomic E-state index is -3.95. The van der Waals surface area contributed by atoms with Crippen molar-refractivity contribution in [3.8, 4) is 11.5 Å². The minimum absolute atomic E-state index is 0.0226. The summed E-state index contributed by atoms with van der Waals surface area (Å²) in [4.78, 5) is 12.6. The Bertz CT molecular complexity index is 1410. The number of nitrogens with zero attached hydrogens (tertiary/aromatic N) is 1. The number of carbonyl (C=O) groups is 1. The van der Waals surface area contributed by atoms with Crippen molar-refractivity contribution in [2.24, 2.45) is 0 Å². The van der Waals surface area contributed by atoms with E-state index >= 15 is 0 Å². The summed E-state index contributed by atoms with van der Waals surface area (Å²) in [6, 6.07) is 16.4. The van der Waals surface area contributed by atoms with Gasteiger partial charge in [0.15, 0.2) is 11.5 Å². The largest absolute Gasteiger partial charge is 0.493 e. The molecule has 0 fully saturated rings. The van der Waals surface area contributed by atoms with E-state index in [0.717, 1.165) is 22.4 Å². The number of rotatable bonds is 7. The molecule has 0 saturated heterocycles. The first-order valence-corrected chi connectivity index (χ1v) is 12.6. The van der Waals surface area contributed by atoms with Crippen LogP contribution in [-0.2, 0) is 21.2 Å². The van der Waals surface area contributed by atoms with Gasteiger partial charge in [0.2, 0.25) is 5.91 Å². The molecule has 3 aromatic carbocycles. The number of amides is 1. The molecule has 0 radical (unpaired) electrons. The van der Waals surface area contributed by atoms with Gasteiger partial charge < -0.3 is 14.8 Å². The molecule has 0 aromatic heterocycles. The molecule has 3 aromatic rings. The summed E-state index contributed by atoms with van der Waals surface area (Å²) in [5, 5.41) is 2.86. The van der Waals surface area contributed by atoms with E-state index in [2.05, 4.69) is 5.32 Å². The second kappa shape index (κ2) is 9.84. The van der Waals surface area contributed by atoms with Gasteiger partial charge in [0.1, 0.15) is 4.90 Å². The molecular formula is C27H28N2O5S. The molecule has 0 saturated carbocycles. The zero-order chi connectivity index (χ0) is 25.2. The topological polar surface area (TPSA) is 84.9 Å². The highest BCUT2D eigenvalue weighted by molar-refractivity contribution is 7.93. The van der Waals surface area contributed by atoms with E-state index in [-0.39, 0.29) is 22.3 Å². The van der Waals surface area contributed by atoms with Gasteiger partial charge in [0, 0.05) is 18.3 Å². The molecule has 35 heavy (non-hydrogen) atoms. The molecule has 1 N–H and O–H groups in total. The number of hydrogen-bond acceptors (Lipinski definition) is 5. The van der Waals surface area contributed by atoms with Crippen molar-refractivity contribution in [1.29, 1.82) is 0 Å². The number of aryl methyl sites for hydroxylation is 2. The third-order valence-corrected chi connectivity index (χ3v) is 7.78. The second-order valence-electron chi connectivity index (χ2n) is 8.35. The first kappa shape index (κ1) is 24.3. The van der Waals surface area contributed by atoms with Crippen LogP contribution >= 0.6 is 0 Å². The van der Waals surface area contributed by atoms with Crippen molar-refractivity contribution in [2.75, 3.05) is 30.4 Å². The van der Waals surface area contributed by atoms with Gasteiger partial charge in [-0.25, -0.2) is 8.42 Å². The molecule has 0 spiro atoms. The number of sulfonamides is 1. The molecule has 8 heteroatoms. The number of benzene rings is 3. The van der Waals surface area contributed by atoms with Crippen LogP contribution in [0.15, 0.2) is 65.6 Å². The Morgan fingerprint density at radius 2 is 1.80 bits per heavy atom. The third-order valence-electron chi connectivity index (χ3n) is 5.96. The number of ether oxygens (including phenoxy) is 2. The first-order chi connectivity index (χ1) is 16.7. The van der Waals surface area contributed by atoms with Crippen molar-refractivity contribution < 1.29 is 22.7 Å². The molecule has 1 aliphatic heterocycles. The summed E-state index contributed by atoms with van der Waals surface area (Å²) in [5.41, 5.74) is 4.83. The molecule has 0 bridgehead atoms. The Hall–Kier alpha value is -3.78. The number of nitrogens with one attached hydrogen (secondary N) is 1. The Morgan fingerprint density at radius 1 is 1.03 bits per heavy atom. The number of para-hydroxylation sites is 1. The van der Waals surface area contributed by atoms with Crippen molar-refractivity contribution in [3.05, 3.63) is 82.9 Å². The summed E-state index contributed by atoms with van der Waals surface area (Å²) in [7, 11) is -1.10. The quantitative estimate of drug-likeness (QED) is 0.482. The van der Waals surface area contributed by atoms with Gasteiger partial charge >= 0.3 is 0 Å². The molecule has 0 unspecified atom stereocenters. The van der Waals surface area contributed by atoms with Crippen LogP contribution in [0.3, 0.4) is 0 Å². The van der Waals surface area contributed by atoms with E-state index in [0.29, 0.717) is 24.2 Å². The predicted molar refractivity (Wildman–Crippen MR) is 138 cm³/mol. The van der Waals surface area contributed by atoms with Crippen LogP contribution in [0.4, 0.5) is 11.4 Å². The van der Waals surface area contributed by atoms with Crippen molar-refractivity contribution in [1.82, 2.24) is 0 Å². The fourth-order valence-corrected chi connectivity index (χ4v) is 5.84. The van der Waals surface area contributed by atoms with Crippen LogP contribution in [0.1, 0.15) is 22.3 Å². The van der Waals surface area contributed by atoms with Crippen LogP contribution in [-0.4, -0.2) is 35.1 Å². The van der Waals surface area contributed by atoms with Gasteiger partial charge in [0.05, 0.1) is 19.9 Å². The van der Waals surface area contributed by atoms with Crippen molar-refractivity contribution in [2.45, 2.75) is 25.2 Å². The van der Waals surface area contributed by atoms with Crippen molar-refractivity contribution >= 4 is 33.4 Å². The highest BCUT2D eigenvalue weighted by Crippen LogP contribution is 2.40. The lowest BCUT2D eigenvalue weighted by molar-refractivity contribution is -0.111. The molecule has 1 amide bonds. The minimum Gasteiger partial charge on any atom is -0.493 e. The predicted octanol–water partition coefficient (Wildman–Crippen LogP) is 4.72. The van der Waals surface area contributed by atoms with Gasteiger partial charge in [0.25, 0.3) is 10.0 Å². The Morgan fingerprint density at radius 3 is 2.54 bits per heavy atom. The van der Waals surface area contributed by atoms with Crippen LogP contribution in [0, 0.1) is 13.8 Å². The van der Waals surface area contributed by atoms with Crippen LogP contribution in [0.5, 0.6) is 11.5 Å². The average molecular weight is 493 g/mol. The third kappa shape index (κ3) is 4.88. The normalized spacial score (nSPS) is 13.1. The number of fused-ring (bicyclic) bond motifs is 1. The van der Waals surface area contributed by atoms with Gasteiger partial charge in [-0.15, -0.1) is 0 Å². The maximum absolute atomic E-state index is 13.7. The Kier molecular flexibility index (Phi) is 6.84. The highest BCUT2D eigenvalue weighted by atomic mass is 32.2. The second-order valence-corrected chi connectivity index (χ2v) is 10.2. The maximum atomic E-state index is 13.7. The molecular weight excluding hydrogens is 464 g/mol. The highest BCUT2D eigenvalue weighted by Gasteiger charge is 2.34. The van der Waals surface area contributed by atoms with Crippen LogP contribution in [0.25, 0.3) is 6.08 Å². The monoisotopic (exact) mass is 492 g/mol. The smallest absolute Gasteiger partial charge is 0.268 e. The molecule has 0 atom stereocenters. The zero-order valence-electron chi connectivity index (χ0n) is 20.2. The molecule has 4 rings (SSSR count). The number of hydrogen-bond donors (Lipinski definition) is 1. The van der Waals surface area contributed by atoms with E-state index in [9.17, 15) is 13.2 Å². The summed E-state index contributed by atoms with van der Waals surface area (Å²) < 4.78 is 39.7. The average Bonchev–Trinajstić information content (AvgIpc) is 3.29. The summed E-state index contributed by atoms with van der Waals surface area (Å²) in [6.45, 7) is 4.21. The van der Waals surface area contributed by atoms with Gasteiger partial charge in [-0.05, 0) is 72.9 Å². The standard InChI is InChI=1S/C27H28N2O5S/c1-18-9-10-19(2)22(15-18)28-26(30)12-11-20-16-24(33-3)27(34-4)25(17-20)35(31,32)29-14-13-21-7-5-6-8-23(21)29/h5-12,15-17H,13-14H2,1-4H3,(H,28,30). The van der Waals surface area contributed by atoms with Crippen LogP contribution in [0.2, 0.25) is 0 Å². The first-order valence-electron chi connectivity index (χ1n) is 11.2. The number of carbonyl (C=O) groups excluding carboxylic acids is 1. The lowest BCUT2D eigenvalue weighted by Crippen LogP contribution is -2.29. The summed E-state index contributed by atoms with van der Waals surface area (Å²) in [6.07, 6.45) is 3.55. The number of anilines is 2. The van der Waals surface area contributed by atoms with Crippen molar-refractivity contribution in [3.63, 3.8) is 0 Å². The summed E-state index contributed by atoms with van der Waals surface area (Å²) in [5.74, 6) is 0.0517. The molecule has 182 valence electrons. The van der Waals surface area contributed by atoms with Gasteiger partial charge in [-0.1, -0.05) is 30.3 Å². The van der Waals surface area contributed by atoms with E-state index in [4.69, 9.17) is 9.47 Å². The van der Waals surface area contributed by atoms with E-state index in [1.54, 1.807) is 18.2 Å². The molecule has 7 nitrogen and oxygen atoms in total. The number of methoxy groups -OCH3 is 2. The molecule has 0 aliphatic carbocycles. The SMILES string of the molecule is COc1cc(C=CC(=O)Nc2cc(C)ccc2C)cc(S(=O)(=O)N2CCc3ccccc32)c1OC. The lowest BCUT2D eigenvalue weighted by Gasteiger charge is -2.22. The Balaban J connectivity index is 1.69. The fraction of sp³-hybridized carbons (Fsp3) is 0.222. The van der Waals surface area contributed by atoms with Gasteiger partial charge in [-0.2, -0.15) is 0 Å². The Labute approximate surface area is 206 Å². The van der Waals surface area contributed by atoms with Gasteiger partial charge in [-0.3, -0.25) is 9.10 Å². The fourth-order valence-electron chi connectivity index (χ4n) is 4.13. The molecule has 1 aliphatic rings. The van der Waals surface area contributed by atoms with E-state index in [1.165, 1.54) is 30.7 Å².